The van der Waals surface area contributed by atoms with Crippen LogP contribution in [-0.4, -0.2) is 56.7 Å². The Labute approximate surface area is 193 Å². The van der Waals surface area contributed by atoms with Crippen LogP contribution in [-0.2, 0) is 36.7 Å². The van der Waals surface area contributed by atoms with Crippen LogP contribution in [0.4, 0.5) is 0 Å². The third-order valence-electron chi connectivity index (χ3n) is 6.84. The number of nitrogens with zero attached hydrogens (tertiary/aromatic N) is 4. The molecule has 1 atom stereocenters. The van der Waals surface area contributed by atoms with E-state index < -0.39 is 5.60 Å². The number of amides is 1. The van der Waals surface area contributed by atoms with Crippen molar-refractivity contribution in [2.75, 3.05) is 26.2 Å². The number of hydrogen-bond donors (Lipinski definition) is 0. The monoisotopic (exact) mass is 446 g/mol. The predicted molar refractivity (Wildman–Crippen MR) is 128 cm³/mol. The Balaban J connectivity index is 1.36. The molecule has 0 saturated carbocycles. The topological polar surface area (TPSA) is 59.7 Å². The van der Waals surface area contributed by atoms with Gasteiger partial charge in [0.1, 0.15) is 0 Å². The molecule has 2 aliphatic heterocycles. The van der Waals surface area contributed by atoms with E-state index in [0.717, 1.165) is 28.7 Å². The molecule has 0 aliphatic carbocycles. The van der Waals surface area contributed by atoms with Gasteiger partial charge in [-0.1, -0.05) is 48.6 Å². The zero-order valence-electron chi connectivity index (χ0n) is 19.2. The smallest absolute Gasteiger partial charge is 0.328 e. The molecule has 0 bridgehead atoms. The summed E-state index contributed by atoms with van der Waals surface area (Å²) in [6.07, 6.45) is 4.74. The van der Waals surface area contributed by atoms with E-state index in [1.807, 2.05) is 29.2 Å². The van der Waals surface area contributed by atoms with Crippen LogP contribution < -0.4 is 5.69 Å². The van der Waals surface area contributed by atoms with Gasteiger partial charge in [0.05, 0.1) is 17.6 Å². The molecule has 7 heteroatoms. The molecule has 2 aliphatic rings. The number of aromatic nitrogens is 2. The Morgan fingerprint density at radius 1 is 0.909 bits per heavy atom. The van der Waals surface area contributed by atoms with Crippen molar-refractivity contribution in [2.45, 2.75) is 25.1 Å². The van der Waals surface area contributed by atoms with Gasteiger partial charge in [0.25, 0.3) is 5.91 Å². The molecule has 1 spiro atoms. The predicted octanol–water partition coefficient (Wildman–Crippen LogP) is 2.44. The van der Waals surface area contributed by atoms with Crippen molar-refractivity contribution in [3.8, 4) is 0 Å². The van der Waals surface area contributed by atoms with Crippen LogP contribution >= 0.6 is 0 Å². The molecule has 0 N–H and O–H groups in total. The van der Waals surface area contributed by atoms with E-state index in [2.05, 4.69) is 41.3 Å². The molecular weight excluding hydrogens is 416 g/mol. The van der Waals surface area contributed by atoms with Gasteiger partial charge in [0.2, 0.25) is 0 Å². The fourth-order valence-corrected chi connectivity index (χ4v) is 5.03. The van der Waals surface area contributed by atoms with Gasteiger partial charge in [-0.3, -0.25) is 18.8 Å². The average Bonchev–Trinajstić information content (AvgIpc) is 2.95. The molecule has 7 nitrogen and oxygen atoms in total. The van der Waals surface area contributed by atoms with Crippen molar-refractivity contribution in [2.24, 2.45) is 14.1 Å². The number of benzene rings is 2. The minimum absolute atomic E-state index is 0.0261. The summed E-state index contributed by atoms with van der Waals surface area (Å²) >= 11 is 0. The summed E-state index contributed by atoms with van der Waals surface area (Å²) in [5, 5.41) is 0. The van der Waals surface area contributed by atoms with E-state index in [0.29, 0.717) is 39.2 Å². The zero-order valence-corrected chi connectivity index (χ0v) is 19.2. The van der Waals surface area contributed by atoms with Crippen LogP contribution in [0.3, 0.4) is 0 Å². The second kappa shape index (κ2) is 8.65. The number of morpholine rings is 1. The minimum atomic E-state index is -0.857. The molecule has 1 saturated heterocycles. The number of imidazole rings is 1. The van der Waals surface area contributed by atoms with E-state index in [1.54, 1.807) is 23.2 Å². The van der Waals surface area contributed by atoms with Crippen molar-refractivity contribution in [1.29, 1.82) is 0 Å². The summed E-state index contributed by atoms with van der Waals surface area (Å²) in [5.74, 6) is 0.0574. The van der Waals surface area contributed by atoms with Crippen LogP contribution in [0.2, 0.25) is 0 Å². The second-order valence-corrected chi connectivity index (χ2v) is 9.12. The SMILES string of the molecule is Cn1c(=O)n(C)c2cc(CN3CCOC4(CC=CCN(Cc5ccccc5)C4=O)C3)ccc21. The second-order valence-electron chi connectivity index (χ2n) is 9.12. The lowest BCUT2D eigenvalue weighted by atomic mass is 9.95. The number of carbonyl (C=O) groups excluding carboxylic acids is 1. The Morgan fingerprint density at radius 2 is 1.70 bits per heavy atom. The summed E-state index contributed by atoms with van der Waals surface area (Å²) < 4.78 is 9.56. The maximum atomic E-state index is 13.7. The number of aryl methyl sites for hydroxylation is 2. The highest BCUT2D eigenvalue weighted by Crippen LogP contribution is 2.29. The lowest BCUT2D eigenvalue weighted by molar-refractivity contribution is -0.170. The van der Waals surface area contributed by atoms with E-state index >= 15 is 0 Å². The van der Waals surface area contributed by atoms with E-state index in [4.69, 9.17) is 4.74 Å². The highest BCUT2D eigenvalue weighted by atomic mass is 16.5. The van der Waals surface area contributed by atoms with Crippen LogP contribution in [0.1, 0.15) is 17.5 Å². The van der Waals surface area contributed by atoms with E-state index in [-0.39, 0.29) is 11.6 Å². The van der Waals surface area contributed by atoms with Gasteiger partial charge in [-0.25, -0.2) is 4.79 Å². The Hall–Kier alpha value is -3.16. The largest absolute Gasteiger partial charge is 0.362 e. The highest BCUT2D eigenvalue weighted by Gasteiger charge is 2.45. The van der Waals surface area contributed by atoms with Gasteiger partial charge in [-0.2, -0.15) is 0 Å². The van der Waals surface area contributed by atoms with Gasteiger partial charge in [-0.05, 0) is 23.3 Å². The van der Waals surface area contributed by atoms with Crippen molar-refractivity contribution < 1.29 is 9.53 Å². The molecule has 1 amide bonds. The van der Waals surface area contributed by atoms with Crippen molar-refractivity contribution in [3.05, 3.63) is 82.3 Å². The summed E-state index contributed by atoms with van der Waals surface area (Å²) in [5.41, 5.74) is 3.20. The summed E-state index contributed by atoms with van der Waals surface area (Å²) in [7, 11) is 3.60. The van der Waals surface area contributed by atoms with Crippen LogP contribution in [0.25, 0.3) is 11.0 Å². The van der Waals surface area contributed by atoms with Gasteiger partial charge in [-0.15, -0.1) is 0 Å². The van der Waals surface area contributed by atoms with E-state index in [9.17, 15) is 9.59 Å². The standard InChI is InChI=1S/C26H30N4O3/c1-27-22-11-10-21(16-23(22)28(2)25(27)32)17-29-14-15-33-26(19-29)12-6-7-13-30(24(26)31)18-20-8-4-3-5-9-20/h3-11,16H,12-15,17-19H2,1-2H3. The van der Waals surface area contributed by atoms with Crippen LogP contribution in [0.5, 0.6) is 0 Å². The first-order valence-electron chi connectivity index (χ1n) is 11.5. The third kappa shape index (κ3) is 4.03. The molecule has 1 fully saturated rings. The number of hydrogen-bond acceptors (Lipinski definition) is 4. The third-order valence-corrected chi connectivity index (χ3v) is 6.84. The Bertz CT molecular complexity index is 1260. The lowest BCUT2D eigenvalue weighted by Crippen LogP contribution is -2.59. The number of ether oxygens (including phenoxy) is 1. The maximum absolute atomic E-state index is 13.7. The fraction of sp³-hybridized carbons (Fsp3) is 0.385. The highest BCUT2D eigenvalue weighted by molar-refractivity contribution is 5.86. The number of rotatable bonds is 4. The van der Waals surface area contributed by atoms with Crippen LogP contribution in [0.15, 0.2) is 65.5 Å². The molecule has 33 heavy (non-hydrogen) atoms. The summed E-state index contributed by atoms with van der Waals surface area (Å²) in [6.45, 7) is 3.71. The first kappa shape index (κ1) is 21.7. The first-order valence-corrected chi connectivity index (χ1v) is 11.5. The lowest BCUT2D eigenvalue weighted by Gasteiger charge is -2.42. The molecule has 1 unspecified atom stereocenters. The normalized spacial score (nSPS) is 21.8. The molecule has 3 aromatic rings. The first-order chi connectivity index (χ1) is 16.0. The maximum Gasteiger partial charge on any atom is 0.328 e. The molecule has 0 radical (unpaired) electrons. The van der Waals surface area contributed by atoms with Crippen LogP contribution in [0, 0.1) is 0 Å². The summed E-state index contributed by atoms with van der Waals surface area (Å²) in [6, 6.07) is 16.2. The van der Waals surface area contributed by atoms with Gasteiger partial charge >= 0.3 is 5.69 Å². The van der Waals surface area contributed by atoms with Gasteiger partial charge in [0.15, 0.2) is 5.60 Å². The Morgan fingerprint density at radius 3 is 2.52 bits per heavy atom. The van der Waals surface area contributed by atoms with E-state index in [1.165, 1.54) is 0 Å². The van der Waals surface area contributed by atoms with Crippen molar-refractivity contribution >= 4 is 16.9 Å². The van der Waals surface area contributed by atoms with Gasteiger partial charge in [0, 0.05) is 53.2 Å². The number of carbonyl (C=O) groups is 1. The summed E-state index contributed by atoms with van der Waals surface area (Å²) in [4.78, 5) is 30.1. The minimum Gasteiger partial charge on any atom is -0.362 e. The average molecular weight is 447 g/mol. The number of fused-ring (bicyclic) bond motifs is 1. The fourth-order valence-electron chi connectivity index (χ4n) is 5.03. The molecule has 3 heterocycles. The Kier molecular flexibility index (Phi) is 5.68. The quantitative estimate of drug-likeness (QED) is 0.578. The van der Waals surface area contributed by atoms with Crippen molar-refractivity contribution in [3.63, 3.8) is 0 Å². The van der Waals surface area contributed by atoms with Crippen molar-refractivity contribution in [1.82, 2.24) is 18.9 Å². The van der Waals surface area contributed by atoms with Gasteiger partial charge < -0.3 is 9.64 Å². The molecular formula is C26H30N4O3. The molecule has 1 aromatic heterocycles. The molecule has 172 valence electrons. The molecule has 5 rings (SSSR count). The zero-order chi connectivity index (χ0) is 23.0. The molecule has 2 aromatic carbocycles.